The molecule has 1 aliphatic heterocycles. The molecule has 2 amide bonds. The van der Waals surface area contributed by atoms with Crippen molar-refractivity contribution in [1.82, 2.24) is 4.90 Å². The summed E-state index contributed by atoms with van der Waals surface area (Å²) in [7, 11) is 0. The SMILES string of the molecule is CC(=O)N(CCC(=O)N1CCCCCC1)c1ccc(Br)cc1C. The van der Waals surface area contributed by atoms with Gasteiger partial charge in [-0.05, 0) is 43.5 Å². The van der Waals surface area contributed by atoms with Crippen molar-refractivity contribution in [3.05, 3.63) is 28.2 Å². The zero-order valence-corrected chi connectivity index (χ0v) is 15.6. The van der Waals surface area contributed by atoms with Crippen LogP contribution in [0.4, 0.5) is 5.69 Å². The van der Waals surface area contributed by atoms with Crippen molar-refractivity contribution in [1.29, 1.82) is 0 Å². The fraction of sp³-hybridized carbons (Fsp3) is 0.556. The van der Waals surface area contributed by atoms with Crippen LogP contribution in [0.15, 0.2) is 22.7 Å². The van der Waals surface area contributed by atoms with E-state index >= 15 is 0 Å². The molecule has 1 saturated heterocycles. The zero-order valence-electron chi connectivity index (χ0n) is 14.0. The summed E-state index contributed by atoms with van der Waals surface area (Å²) in [5.74, 6) is 0.131. The molecule has 0 unspecified atom stereocenters. The topological polar surface area (TPSA) is 40.6 Å². The molecule has 0 spiro atoms. The Labute approximate surface area is 147 Å². The van der Waals surface area contributed by atoms with Crippen molar-refractivity contribution in [2.75, 3.05) is 24.5 Å². The molecule has 1 aromatic carbocycles. The van der Waals surface area contributed by atoms with Gasteiger partial charge in [0.15, 0.2) is 0 Å². The lowest BCUT2D eigenvalue weighted by atomic mass is 10.1. The fourth-order valence-corrected chi connectivity index (χ4v) is 3.53. The lowest BCUT2D eigenvalue weighted by Gasteiger charge is -2.25. The number of nitrogens with zero attached hydrogens (tertiary/aromatic N) is 2. The van der Waals surface area contributed by atoms with Gasteiger partial charge in [-0.15, -0.1) is 0 Å². The van der Waals surface area contributed by atoms with Gasteiger partial charge in [0, 0.05) is 43.1 Å². The number of carbonyl (C=O) groups excluding carboxylic acids is 2. The minimum Gasteiger partial charge on any atom is -0.343 e. The predicted molar refractivity (Wildman–Crippen MR) is 96.6 cm³/mol. The monoisotopic (exact) mass is 380 g/mol. The number of carbonyl (C=O) groups is 2. The van der Waals surface area contributed by atoms with Crippen molar-refractivity contribution in [3.63, 3.8) is 0 Å². The van der Waals surface area contributed by atoms with Crippen LogP contribution < -0.4 is 4.90 Å². The lowest BCUT2D eigenvalue weighted by molar-refractivity contribution is -0.131. The lowest BCUT2D eigenvalue weighted by Crippen LogP contribution is -2.37. The molecule has 1 aromatic rings. The Hall–Kier alpha value is -1.36. The molecule has 126 valence electrons. The third kappa shape index (κ3) is 5.06. The maximum absolute atomic E-state index is 12.4. The summed E-state index contributed by atoms with van der Waals surface area (Å²) in [6.45, 7) is 5.68. The highest BCUT2D eigenvalue weighted by Gasteiger charge is 2.19. The number of aryl methyl sites for hydroxylation is 1. The molecule has 0 bridgehead atoms. The van der Waals surface area contributed by atoms with E-state index in [1.54, 1.807) is 11.8 Å². The molecule has 4 nitrogen and oxygen atoms in total. The van der Waals surface area contributed by atoms with Crippen LogP contribution in [0.2, 0.25) is 0 Å². The second-order valence-electron chi connectivity index (χ2n) is 6.15. The molecule has 23 heavy (non-hydrogen) atoms. The van der Waals surface area contributed by atoms with E-state index in [-0.39, 0.29) is 11.8 Å². The molecular formula is C18H25BrN2O2. The van der Waals surface area contributed by atoms with Crippen molar-refractivity contribution in [2.24, 2.45) is 0 Å². The van der Waals surface area contributed by atoms with Crippen molar-refractivity contribution < 1.29 is 9.59 Å². The van der Waals surface area contributed by atoms with Gasteiger partial charge in [0.2, 0.25) is 11.8 Å². The van der Waals surface area contributed by atoms with Crippen LogP contribution in [0, 0.1) is 6.92 Å². The Kier molecular flexibility index (Phi) is 6.63. The van der Waals surface area contributed by atoms with E-state index in [1.165, 1.54) is 12.8 Å². The van der Waals surface area contributed by atoms with E-state index in [1.807, 2.05) is 30.0 Å². The Morgan fingerprint density at radius 3 is 2.39 bits per heavy atom. The van der Waals surface area contributed by atoms with Crippen LogP contribution in [0.3, 0.4) is 0 Å². The molecule has 0 radical (unpaired) electrons. The van der Waals surface area contributed by atoms with Gasteiger partial charge in [-0.1, -0.05) is 28.8 Å². The van der Waals surface area contributed by atoms with Gasteiger partial charge in [-0.25, -0.2) is 0 Å². The molecule has 0 saturated carbocycles. The van der Waals surface area contributed by atoms with Gasteiger partial charge < -0.3 is 9.80 Å². The van der Waals surface area contributed by atoms with Gasteiger partial charge in [-0.2, -0.15) is 0 Å². The van der Waals surface area contributed by atoms with Gasteiger partial charge in [0.05, 0.1) is 0 Å². The van der Waals surface area contributed by atoms with Crippen LogP contribution in [0.25, 0.3) is 0 Å². The fourth-order valence-electron chi connectivity index (χ4n) is 3.05. The molecular weight excluding hydrogens is 356 g/mol. The Balaban J connectivity index is 2.02. The van der Waals surface area contributed by atoms with Gasteiger partial charge in [0.1, 0.15) is 0 Å². The van der Waals surface area contributed by atoms with Crippen molar-refractivity contribution in [3.8, 4) is 0 Å². The number of hydrogen-bond acceptors (Lipinski definition) is 2. The third-order valence-electron chi connectivity index (χ3n) is 4.34. The second kappa shape index (κ2) is 8.48. The number of benzene rings is 1. The minimum absolute atomic E-state index is 0.0286. The van der Waals surface area contributed by atoms with E-state index in [2.05, 4.69) is 15.9 Å². The van der Waals surface area contributed by atoms with Crippen LogP contribution in [-0.2, 0) is 9.59 Å². The first-order valence-electron chi connectivity index (χ1n) is 8.31. The van der Waals surface area contributed by atoms with Crippen LogP contribution >= 0.6 is 15.9 Å². The molecule has 5 heteroatoms. The zero-order chi connectivity index (χ0) is 16.8. The van der Waals surface area contributed by atoms with Crippen LogP contribution in [0.1, 0.15) is 44.6 Å². The summed E-state index contributed by atoms with van der Waals surface area (Å²) in [6.07, 6.45) is 4.99. The standard InChI is InChI=1S/C18H25BrN2O2/c1-14-13-16(19)7-8-17(14)21(15(2)22)12-9-18(23)20-10-5-3-4-6-11-20/h7-8,13H,3-6,9-12H2,1-2H3. The van der Waals surface area contributed by atoms with Crippen molar-refractivity contribution in [2.45, 2.75) is 46.0 Å². The highest BCUT2D eigenvalue weighted by Crippen LogP contribution is 2.24. The van der Waals surface area contributed by atoms with E-state index in [4.69, 9.17) is 0 Å². The number of rotatable bonds is 4. The summed E-state index contributed by atoms with van der Waals surface area (Å²) >= 11 is 3.44. The molecule has 0 N–H and O–H groups in total. The first-order valence-corrected chi connectivity index (χ1v) is 9.10. The third-order valence-corrected chi connectivity index (χ3v) is 4.83. The number of hydrogen-bond donors (Lipinski definition) is 0. The first kappa shape index (κ1) is 18.0. The minimum atomic E-state index is -0.0286. The molecule has 1 fully saturated rings. The summed E-state index contributed by atoms with van der Waals surface area (Å²) in [5.41, 5.74) is 1.90. The summed E-state index contributed by atoms with van der Waals surface area (Å²) < 4.78 is 0.989. The van der Waals surface area contributed by atoms with Gasteiger partial charge in [-0.3, -0.25) is 9.59 Å². The number of halogens is 1. The smallest absolute Gasteiger partial charge is 0.224 e. The summed E-state index contributed by atoms with van der Waals surface area (Å²) in [6, 6.07) is 5.84. The largest absolute Gasteiger partial charge is 0.343 e. The van der Waals surface area contributed by atoms with Crippen LogP contribution in [0.5, 0.6) is 0 Å². The van der Waals surface area contributed by atoms with E-state index in [9.17, 15) is 9.59 Å². The van der Waals surface area contributed by atoms with Gasteiger partial charge in [0.25, 0.3) is 0 Å². The highest BCUT2D eigenvalue weighted by molar-refractivity contribution is 9.10. The molecule has 1 heterocycles. The average molecular weight is 381 g/mol. The second-order valence-corrected chi connectivity index (χ2v) is 7.06. The van der Waals surface area contributed by atoms with E-state index in [0.29, 0.717) is 13.0 Å². The highest BCUT2D eigenvalue weighted by atomic mass is 79.9. The Morgan fingerprint density at radius 1 is 1.17 bits per heavy atom. The number of anilines is 1. The number of amides is 2. The number of likely N-dealkylation sites (tertiary alicyclic amines) is 1. The molecule has 0 aromatic heterocycles. The van der Waals surface area contributed by atoms with Crippen molar-refractivity contribution >= 4 is 33.4 Å². The molecule has 1 aliphatic rings. The summed E-state index contributed by atoms with van der Waals surface area (Å²) in [4.78, 5) is 28.1. The Morgan fingerprint density at radius 2 is 1.83 bits per heavy atom. The van der Waals surface area contributed by atoms with Crippen LogP contribution in [-0.4, -0.2) is 36.3 Å². The maximum atomic E-state index is 12.4. The quantitative estimate of drug-likeness (QED) is 0.794. The van der Waals surface area contributed by atoms with E-state index in [0.717, 1.165) is 41.7 Å². The first-order chi connectivity index (χ1) is 11.0. The average Bonchev–Trinajstić information content (AvgIpc) is 2.78. The predicted octanol–water partition coefficient (Wildman–Crippen LogP) is 3.90. The van der Waals surface area contributed by atoms with E-state index < -0.39 is 0 Å². The maximum Gasteiger partial charge on any atom is 0.224 e. The normalized spacial score (nSPS) is 15.2. The Bertz CT molecular complexity index is 566. The molecule has 2 rings (SSSR count). The summed E-state index contributed by atoms with van der Waals surface area (Å²) in [5, 5.41) is 0. The molecule has 0 aliphatic carbocycles. The van der Waals surface area contributed by atoms with Gasteiger partial charge >= 0.3 is 0 Å². The molecule has 0 atom stereocenters.